The van der Waals surface area contributed by atoms with Gasteiger partial charge in [0.2, 0.25) is 5.76 Å². The standard InChI is InChI=1S/C26H27ClN2O4/c1-16-14-20-21(15-17(16)2)33-25-22(24(20)30)23(18-4-6-19(27)7-5-18)29(26(25)31)9-3-8-28-10-12-32-13-11-28/h4-7,14-15,23H,3,8-13H2,1-2H3/t23-/m0/s1. The number of carbonyl (C=O) groups is 1. The number of ether oxygens (including phenoxy) is 1. The molecule has 3 heterocycles. The first-order valence-electron chi connectivity index (χ1n) is 11.4. The molecule has 6 nitrogen and oxygen atoms in total. The molecule has 1 fully saturated rings. The molecule has 7 heteroatoms. The molecule has 0 saturated carbocycles. The summed E-state index contributed by atoms with van der Waals surface area (Å²) in [5, 5.41) is 1.12. The van der Waals surface area contributed by atoms with Gasteiger partial charge in [0.05, 0.1) is 30.2 Å². The smallest absolute Gasteiger partial charge is 0.290 e. The highest BCUT2D eigenvalue weighted by atomic mass is 35.5. The number of hydrogen-bond donors (Lipinski definition) is 0. The zero-order valence-electron chi connectivity index (χ0n) is 18.9. The Morgan fingerprint density at radius 2 is 1.70 bits per heavy atom. The molecule has 0 aliphatic carbocycles. The summed E-state index contributed by atoms with van der Waals surface area (Å²) in [5.41, 5.74) is 3.63. The van der Waals surface area contributed by atoms with E-state index in [1.807, 2.05) is 38.1 Å². The summed E-state index contributed by atoms with van der Waals surface area (Å²) >= 11 is 6.12. The quantitative estimate of drug-likeness (QED) is 0.560. The lowest BCUT2D eigenvalue weighted by Crippen LogP contribution is -2.38. The molecule has 33 heavy (non-hydrogen) atoms. The molecular formula is C26H27ClN2O4. The number of halogens is 1. The molecule has 5 rings (SSSR count). The number of benzene rings is 2. The highest BCUT2D eigenvalue weighted by molar-refractivity contribution is 6.30. The fourth-order valence-corrected chi connectivity index (χ4v) is 4.91. The number of nitrogens with zero attached hydrogens (tertiary/aromatic N) is 2. The van der Waals surface area contributed by atoms with E-state index in [0.29, 0.717) is 28.1 Å². The van der Waals surface area contributed by atoms with Crippen molar-refractivity contribution in [1.29, 1.82) is 0 Å². The Labute approximate surface area is 197 Å². The Hall–Kier alpha value is -2.67. The zero-order chi connectivity index (χ0) is 23.1. The fourth-order valence-electron chi connectivity index (χ4n) is 4.79. The van der Waals surface area contributed by atoms with E-state index in [-0.39, 0.29) is 17.1 Å². The van der Waals surface area contributed by atoms with Gasteiger partial charge < -0.3 is 14.1 Å². The molecule has 1 saturated heterocycles. The van der Waals surface area contributed by atoms with E-state index in [2.05, 4.69) is 4.90 Å². The van der Waals surface area contributed by atoms with Crippen LogP contribution in [0.2, 0.25) is 5.02 Å². The van der Waals surface area contributed by atoms with Crippen molar-refractivity contribution in [3.63, 3.8) is 0 Å². The molecule has 0 radical (unpaired) electrons. The van der Waals surface area contributed by atoms with Crippen molar-refractivity contribution in [3.8, 4) is 0 Å². The molecule has 0 spiro atoms. The van der Waals surface area contributed by atoms with Gasteiger partial charge in [-0.1, -0.05) is 23.7 Å². The lowest BCUT2D eigenvalue weighted by molar-refractivity contribution is 0.0353. The predicted octanol–water partition coefficient (Wildman–Crippen LogP) is 4.33. The molecule has 1 atom stereocenters. The van der Waals surface area contributed by atoms with Gasteiger partial charge in [-0.3, -0.25) is 14.5 Å². The number of fused-ring (bicyclic) bond motifs is 2. The Balaban J connectivity index is 1.55. The predicted molar refractivity (Wildman–Crippen MR) is 128 cm³/mol. The third-order valence-electron chi connectivity index (χ3n) is 6.74. The third-order valence-corrected chi connectivity index (χ3v) is 7.00. The first-order chi connectivity index (χ1) is 15.9. The van der Waals surface area contributed by atoms with E-state index < -0.39 is 6.04 Å². The minimum Gasteiger partial charge on any atom is -0.450 e. The van der Waals surface area contributed by atoms with Gasteiger partial charge in [0, 0.05) is 31.2 Å². The van der Waals surface area contributed by atoms with Crippen molar-refractivity contribution in [2.45, 2.75) is 26.3 Å². The molecule has 2 aliphatic heterocycles. The van der Waals surface area contributed by atoms with Gasteiger partial charge in [-0.2, -0.15) is 0 Å². The van der Waals surface area contributed by atoms with Crippen molar-refractivity contribution < 1.29 is 13.9 Å². The molecular weight excluding hydrogens is 440 g/mol. The minimum atomic E-state index is -0.489. The van der Waals surface area contributed by atoms with E-state index in [9.17, 15) is 9.59 Å². The van der Waals surface area contributed by atoms with Crippen LogP contribution in [0.25, 0.3) is 11.0 Å². The average Bonchev–Trinajstić information content (AvgIpc) is 3.09. The summed E-state index contributed by atoms with van der Waals surface area (Å²) in [6.45, 7) is 8.63. The van der Waals surface area contributed by atoms with E-state index >= 15 is 0 Å². The number of carbonyl (C=O) groups excluding carboxylic acids is 1. The van der Waals surface area contributed by atoms with Gasteiger partial charge in [0.15, 0.2) is 5.43 Å². The molecule has 3 aromatic rings. The second kappa shape index (κ2) is 8.93. The summed E-state index contributed by atoms with van der Waals surface area (Å²) in [6.07, 6.45) is 0.801. The Bertz CT molecular complexity index is 1260. The van der Waals surface area contributed by atoms with E-state index in [1.165, 1.54) is 0 Å². The fraction of sp³-hybridized carbons (Fsp3) is 0.385. The van der Waals surface area contributed by atoms with Crippen molar-refractivity contribution in [2.75, 3.05) is 39.4 Å². The van der Waals surface area contributed by atoms with Crippen LogP contribution in [-0.4, -0.2) is 55.1 Å². The molecule has 0 N–H and O–H groups in total. The second-order valence-electron chi connectivity index (χ2n) is 8.87. The first kappa shape index (κ1) is 22.1. The van der Waals surface area contributed by atoms with Crippen LogP contribution in [0.1, 0.15) is 45.3 Å². The van der Waals surface area contributed by atoms with Gasteiger partial charge in [-0.25, -0.2) is 0 Å². The van der Waals surface area contributed by atoms with Crippen LogP contribution < -0.4 is 5.43 Å². The van der Waals surface area contributed by atoms with Crippen LogP contribution in [0.5, 0.6) is 0 Å². The highest BCUT2D eigenvalue weighted by Gasteiger charge is 2.42. The molecule has 2 aromatic carbocycles. The van der Waals surface area contributed by atoms with Crippen LogP contribution in [0.15, 0.2) is 45.6 Å². The van der Waals surface area contributed by atoms with Gasteiger partial charge in [-0.05, 0) is 61.2 Å². The van der Waals surface area contributed by atoms with Gasteiger partial charge in [0.25, 0.3) is 5.91 Å². The van der Waals surface area contributed by atoms with E-state index in [4.69, 9.17) is 20.8 Å². The molecule has 2 aliphatic rings. The third kappa shape index (κ3) is 4.07. The van der Waals surface area contributed by atoms with Crippen LogP contribution in [-0.2, 0) is 4.74 Å². The van der Waals surface area contributed by atoms with Gasteiger partial charge in [0.1, 0.15) is 5.58 Å². The topological polar surface area (TPSA) is 63.0 Å². The Kier molecular flexibility index (Phi) is 5.99. The maximum atomic E-state index is 13.7. The lowest BCUT2D eigenvalue weighted by Gasteiger charge is -2.29. The largest absolute Gasteiger partial charge is 0.450 e. The van der Waals surface area contributed by atoms with Gasteiger partial charge in [-0.15, -0.1) is 0 Å². The maximum absolute atomic E-state index is 13.7. The van der Waals surface area contributed by atoms with E-state index in [0.717, 1.165) is 56.0 Å². The number of amides is 1. The van der Waals surface area contributed by atoms with E-state index in [1.54, 1.807) is 17.0 Å². The second-order valence-corrected chi connectivity index (χ2v) is 9.30. The maximum Gasteiger partial charge on any atom is 0.290 e. The molecule has 1 amide bonds. The Morgan fingerprint density at radius 1 is 1.00 bits per heavy atom. The summed E-state index contributed by atoms with van der Waals surface area (Å²) in [6, 6.07) is 10.6. The minimum absolute atomic E-state index is 0.140. The molecule has 1 aromatic heterocycles. The van der Waals surface area contributed by atoms with Crippen molar-refractivity contribution in [1.82, 2.24) is 9.80 Å². The SMILES string of the molecule is Cc1cc2oc3c(c(=O)c2cc1C)[C@H](c1ccc(Cl)cc1)N(CCCN1CCOCC1)C3=O. The monoisotopic (exact) mass is 466 g/mol. The normalized spacial score (nSPS) is 18.8. The van der Waals surface area contributed by atoms with Crippen LogP contribution in [0, 0.1) is 13.8 Å². The number of aryl methyl sites for hydroxylation is 2. The number of morpholine rings is 1. The molecule has 0 unspecified atom stereocenters. The highest BCUT2D eigenvalue weighted by Crippen LogP contribution is 2.38. The van der Waals surface area contributed by atoms with Crippen LogP contribution >= 0.6 is 11.6 Å². The average molecular weight is 467 g/mol. The van der Waals surface area contributed by atoms with Gasteiger partial charge >= 0.3 is 0 Å². The molecule has 172 valence electrons. The molecule has 0 bridgehead atoms. The lowest BCUT2D eigenvalue weighted by atomic mass is 9.97. The van der Waals surface area contributed by atoms with Crippen LogP contribution in [0.4, 0.5) is 0 Å². The summed E-state index contributed by atoms with van der Waals surface area (Å²) in [7, 11) is 0. The number of hydrogen-bond acceptors (Lipinski definition) is 5. The summed E-state index contributed by atoms with van der Waals surface area (Å²) in [5.74, 6) is -0.0776. The zero-order valence-corrected chi connectivity index (χ0v) is 19.7. The summed E-state index contributed by atoms with van der Waals surface area (Å²) in [4.78, 5) is 31.3. The summed E-state index contributed by atoms with van der Waals surface area (Å²) < 4.78 is 11.5. The van der Waals surface area contributed by atoms with Crippen molar-refractivity contribution in [3.05, 3.63) is 79.7 Å². The van der Waals surface area contributed by atoms with Crippen molar-refractivity contribution in [2.24, 2.45) is 0 Å². The van der Waals surface area contributed by atoms with Crippen molar-refractivity contribution >= 4 is 28.5 Å². The Morgan fingerprint density at radius 3 is 2.42 bits per heavy atom. The number of rotatable bonds is 5. The first-order valence-corrected chi connectivity index (χ1v) is 11.8. The van der Waals surface area contributed by atoms with Crippen LogP contribution in [0.3, 0.4) is 0 Å².